The number of halogens is 1. The monoisotopic (exact) mass is 459 g/mol. The number of methoxy groups -OCH3 is 1. The van der Waals surface area contributed by atoms with Crippen LogP contribution in [0.25, 0.3) is 0 Å². The molecule has 1 aliphatic rings. The molecule has 0 bridgehead atoms. The van der Waals surface area contributed by atoms with Crippen molar-refractivity contribution in [3.63, 3.8) is 0 Å². The Hall–Kier alpha value is -2.91. The Bertz CT molecular complexity index is 978. The van der Waals surface area contributed by atoms with Crippen LogP contribution in [0.1, 0.15) is 18.0 Å². The lowest BCUT2D eigenvalue weighted by Gasteiger charge is -2.23. The minimum atomic E-state index is -1.85. The van der Waals surface area contributed by atoms with E-state index in [4.69, 9.17) is 4.74 Å². The molecule has 2 aromatic carbocycles. The number of anilines is 1. The molecule has 3 rings (SSSR count). The van der Waals surface area contributed by atoms with Crippen LogP contribution in [-0.2, 0) is 4.79 Å². The molecule has 1 fully saturated rings. The molecule has 3 N–H and O–H groups in total. The van der Waals surface area contributed by atoms with E-state index in [1.54, 1.807) is 36.4 Å². The van der Waals surface area contributed by atoms with Crippen molar-refractivity contribution in [2.24, 2.45) is 0 Å². The highest BCUT2D eigenvalue weighted by Gasteiger charge is 2.30. The number of hydrogen-bond acceptors (Lipinski definition) is 4. The van der Waals surface area contributed by atoms with E-state index in [0.717, 1.165) is 0 Å². The van der Waals surface area contributed by atoms with Crippen molar-refractivity contribution in [3.05, 3.63) is 53.8 Å². The topological polar surface area (TPSA) is 90.9 Å². The molecule has 0 radical (unpaired) electrons. The molecule has 0 aromatic heterocycles. The number of aliphatic hydroxyl groups excluding tert-OH is 1. The van der Waals surface area contributed by atoms with Crippen molar-refractivity contribution >= 4 is 30.9 Å². The van der Waals surface area contributed by atoms with Crippen LogP contribution in [0.5, 0.6) is 5.75 Å². The van der Waals surface area contributed by atoms with Crippen molar-refractivity contribution in [2.75, 3.05) is 25.5 Å². The third-order valence-corrected chi connectivity index (χ3v) is 7.50. The molecule has 0 aliphatic carbocycles. The van der Waals surface area contributed by atoms with Crippen LogP contribution in [0, 0.1) is 5.82 Å². The van der Waals surface area contributed by atoms with Gasteiger partial charge in [-0.1, -0.05) is 37.8 Å². The van der Waals surface area contributed by atoms with Gasteiger partial charge in [-0.15, -0.1) is 0 Å². The standard InChI is InChI=1S/C23H30FN3O4Si/c1-31-18-8-5-15(6-9-18)21(26-23(30)27-12-11-17(28)14-27)22(29)25-16-7-10-20(19(24)13-16)32(2,3)4/h5-10,13,17,21,28H,11-12,14H2,1-4H3,(H,25,29)(H,26,30)/t17-,21+/m0/s1. The van der Waals surface area contributed by atoms with Gasteiger partial charge in [0, 0.05) is 18.8 Å². The Balaban J connectivity index is 1.82. The van der Waals surface area contributed by atoms with Gasteiger partial charge in [-0.05, 0) is 41.4 Å². The summed E-state index contributed by atoms with van der Waals surface area (Å²) in [6.45, 7) is 6.77. The summed E-state index contributed by atoms with van der Waals surface area (Å²) in [7, 11) is -0.309. The number of β-amino-alcohol motifs (C(OH)–C–C–N with tert-alkyl or cyclic N) is 1. The second-order valence-electron chi connectivity index (χ2n) is 8.98. The Morgan fingerprint density at radius 1 is 1.19 bits per heavy atom. The van der Waals surface area contributed by atoms with Crippen molar-refractivity contribution in [1.29, 1.82) is 0 Å². The van der Waals surface area contributed by atoms with Crippen LogP contribution >= 0.6 is 0 Å². The molecule has 0 spiro atoms. The summed E-state index contributed by atoms with van der Waals surface area (Å²) in [6.07, 6.45) is -0.0721. The predicted molar refractivity (Wildman–Crippen MR) is 124 cm³/mol. The number of rotatable bonds is 6. The summed E-state index contributed by atoms with van der Waals surface area (Å²) in [6, 6.07) is 10.0. The Kier molecular flexibility index (Phi) is 7.20. The maximum absolute atomic E-state index is 14.6. The fourth-order valence-electron chi connectivity index (χ4n) is 3.65. The maximum Gasteiger partial charge on any atom is 0.318 e. The molecule has 0 saturated carbocycles. The highest BCUT2D eigenvalue weighted by atomic mass is 28.3. The first-order valence-corrected chi connectivity index (χ1v) is 14.1. The lowest BCUT2D eigenvalue weighted by Crippen LogP contribution is -2.44. The molecule has 3 amide bonds. The van der Waals surface area contributed by atoms with Gasteiger partial charge in [0.05, 0.1) is 21.3 Å². The largest absolute Gasteiger partial charge is 0.497 e. The van der Waals surface area contributed by atoms with Crippen LogP contribution in [0.15, 0.2) is 42.5 Å². The number of aliphatic hydroxyl groups is 1. The second kappa shape index (κ2) is 9.70. The lowest BCUT2D eigenvalue weighted by atomic mass is 10.1. The maximum atomic E-state index is 14.6. The zero-order chi connectivity index (χ0) is 23.5. The van der Waals surface area contributed by atoms with Crippen molar-refractivity contribution in [2.45, 2.75) is 38.2 Å². The van der Waals surface area contributed by atoms with Crippen LogP contribution in [0.2, 0.25) is 19.6 Å². The molecule has 1 aliphatic heterocycles. The van der Waals surface area contributed by atoms with Crippen LogP contribution in [-0.4, -0.2) is 56.3 Å². The van der Waals surface area contributed by atoms with E-state index in [-0.39, 0.29) is 12.4 Å². The molecular formula is C23H30FN3O4Si. The number of ether oxygens (including phenoxy) is 1. The van der Waals surface area contributed by atoms with Gasteiger partial charge in [-0.3, -0.25) is 4.79 Å². The first kappa shape index (κ1) is 23.7. The summed E-state index contributed by atoms with van der Waals surface area (Å²) in [5, 5.41) is 15.9. The highest BCUT2D eigenvalue weighted by molar-refractivity contribution is 6.88. The van der Waals surface area contributed by atoms with Gasteiger partial charge >= 0.3 is 6.03 Å². The molecule has 32 heavy (non-hydrogen) atoms. The molecule has 2 atom stereocenters. The summed E-state index contributed by atoms with van der Waals surface area (Å²) >= 11 is 0. The Labute approximate surface area is 188 Å². The number of urea groups is 1. The fraction of sp³-hybridized carbons (Fsp3) is 0.391. The Morgan fingerprint density at radius 2 is 1.88 bits per heavy atom. The van der Waals surface area contributed by atoms with Crippen LogP contribution in [0.4, 0.5) is 14.9 Å². The van der Waals surface area contributed by atoms with Crippen molar-refractivity contribution in [3.8, 4) is 5.75 Å². The first-order valence-electron chi connectivity index (χ1n) is 10.6. The predicted octanol–water partition coefficient (Wildman–Crippen LogP) is 2.84. The number of benzene rings is 2. The zero-order valence-corrected chi connectivity index (χ0v) is 19.8. The smallest absolute Gasteiger partial charge is 0.318 e. The molecule has 2 aromatic rings. The van der Waals surface area contributed by atoms with E-state index in [2.05, 4.69) is 10.6 Å². The van der Waals surface area contributed by atoms with Crippen LogP contribution in [0.3, 0.4) is 0 Å². The molecule has 1 heterocycles. The SMILES string of the molecule is COc1ccc([C@@H](NC(=O)N2CC[C@H](O)C2)C(=O)Nc2ccc([Si](C)(C)C)c(F)c2)cc1. The van der Waals surface area contributed by atoms with E-state index < -0.39 is 32.2 Å². The third kappa shape index (κ3) is 5.66. The molecule has 1 saturated heterocycles. The van der Waals surface area contributed by atoms with Gasteiger partial charge in [0.1, 0.15) is 17.6 Å². The number of nitrogens with one attached hydrogen (secondary N) is 2. The van der Waals surface area contributed by atoms with E-state index in [1.165, 1.54) is 18.1 Å². The van der Waals surface area contributed by atoms with Crippen molar-refractivity contribution in [1.82, 2.24) is 10.2 Å². The molecular weight excluding hydrogens is 429 g/mol. The van der Waals surface area contributed by atoms with Gasteiger partial charge in [0.2, 0.25) is 0 Å². The van der Waals surface area contributed by atoms with E-state index in [9.17, 15) is 19.1 Å². The van der Waals surface area contributed by atoms with Gasteiger partial charge in [0.15, 0.2) is 0 Å². The van der Waals surface area contributed by atoms with E-state index in [1.807, 2.05) is 19.6 Å². The van der Waals surface area contributed by atoms with Gasteiger partial charge in [0.25, 0.3) is 5.91 Å². The summed E-state index contributed by atoms with van der Waals surface area (Å²) in [5.41, 5.74) is 0.870. The van der Waals surface area contributed by atoms with Gasteiger partial charge < -0.3 is 25.4 Å². The Morgan fingerprint density at radius 3 is 2.41 bits per heavy atom. The average molecular weight is 460 g/mol. The number of likely N-dealkylation sites (tertiary alicyclic amines) is 1. The third-order valence-electron chi connectivity index (χ3n) is 5.47. The number of carbonyl (C=O) groups excluding carboxylic acids is 2. The number of hydrogen-bond donors (Lipinski definition) is 3. The summed E-state index contributed by atoms with van der Waals surface area (Å²) in [4.78, 5) is 27.3. The number of nitrogens with zero attached hydrogens (tertiary/aromatic N) is 1. The van der Waals surface area contributed by atoms with Crippen LogP contribution < -0.4 is 20.6 Å². The van der Waals surface area contributed by atoms with Crippen molar-refractivity contribution < 1.29 is 23.8 Å². The molecule has 9 heteroatoms. The summed E-state index contributed by atoms with van der Waals surface area (Å²) in [5.74, 6) is -0.229. The summed E-state index contributed by atoms with van der Waals surface area (Å²) < 4.78 is 19.8. The van der Waals surface area contributed by atoms with E-state index >= 15 is 0 Å². The number of amides is 3. The van der Waals surface area contributed by atoms with E-state index in [0.29, 0.717) is 35.2 Å². The first-order chi connectivity index (χ1) is 15.1. The minimum absolute atomic E-state index is 0.214. The quantitative estimate of drug-likeness (QED) is 0.580. The molecule has 0 unspecified atom stereocenters. The minimum Gasteiger partial charge on any atom is -0.497 e. The second-order valence-corrected chi connectivity index (χ2v) is 14.0. The lowest BCUT2D eigenvalue weighted by molar-refractivity contribution is -0.118. The van der Waals surface area contributed by atoms with Gasteiger partial charge in [-0.25, -0.2) is 9.18 Å². The fourth-order valence-corrected chi connectivity index (χ4v) is 5.03. The highest BCUT2D eigenvalue weighted by Crippen LogP contribution is 2.21. The number of carbonyl (C=O) groups is 2. The molecule has 7 nitrogen and oxygen atoms in total. The normalized spacial score (nSPS) is 17.1. The zero-order valence-electron chi connectivity index (χ0n) is 18.8. The molecule has 172 valence electrons. The average Bonchev–Trinajstić information content (AvgIpc) is 3.17. The van der Waals surface area contributed by atoms with Gasteiger partial charge in [-0.2, -0.15) is 0 Å².